The molecule has 2 heterocycles. The Morgan fingerprint density at radius 3 is 2.64 bits per heavy atom. The molecule has 0 radical (unpaired) electrons. The van der Waals surface area contributed by atoms with Gasteiger partial charge in [0.05, 0.1) is 26.3 Å². The number of halogens is 1. The van der Waals surface area contributed by atoms with Crippen molar-refractivity contribution in [3.8, 4) is 17.0 Å². The normalized spacial score (nSPS) is 11.6. The van der Waals surface area contributed by atoms with Gasteiger partial charge in [0.15, 0.2) is 0 Å². The molecule has 0 amide bonds. The fourth-order valence-electron chi connectivity index (χ4n) is 3.67. The lowest BCUT2D eigenvalue weighted by molar-refractivity contribution is -0.140. The molecule has 0 saturated carbocycles. The molecule has 0 fully saturated rings. The SMILES string of the molecule is COC(=O)CCSc1nc(Nc2c(-c3ccnc(OC)c3)cc(F)cc2C(C)C)n(COCC[Si](C)(C)C)n1. The van der Waals surface area contributed by atoms with Gasteiger partial charge in [-0.1, -0.05) is 45.3 Å². The molecule has 1 aromatic carbocycles. The number of thioether (sulfide) groups is 1. The number of nitrogens with zero attached hydrogens (tertiary/aromatic N) is 4. The van der Waals surface area contributed by atoms with Crippen LogP contribution >= 0.6 is 11.8 Å². The van der Waals surface area contributed by atoms with Gasteiger partial charge < -0.3 is 19.5 Å². The van der Waals surface area contributed by atoms with Crippen LogP contribution < -0.4 is 10.1 Å². The van der Waals surface area contributed by atoms with Crippen molar-refractivity contribution in [3.05, 3.63) is 41.8 Å². The third-order valence-corrected chi connectivity index (χ3v) is 8.42. The van der Waals surface area contributed by atoms with E-state index in [1.807, 2.05) is 19.9 Å². The van der Waals surface area contributed by atoms with Crippen LogP contribution in [0.4, 0.5) is 16.0 Å². The van der Waals surface area contributed by atoms with E-state index < -0.39 is 8.07 Å². The number of pyridine rings is 1. The second kappa shape index (κ2) is 13.9. The van der Waals surface area contributed by atoms with E-state index in [-0.39, 0.29) is 30.9 Å². The van der Waals surface area contributed by atoms with Crippen LogP contribution in [0.2, 0.25) is 25.7 Å². The number of ether oxygens (including phenoxy) is 3. The van der Waals surface area contributed by atoms with Gasteiger partial charge in [0, 0.05) is 38.3 Å². The van der Waals surface area contributed by atoms with Crippen molar-refractivity contribution in [1.82, 2.24) is 19.7 Å². The number of nitrogens with one attached hydrogen (secondary N) is 1. The number of rotatable bonds is 14. The molecule has 2 aromatic heterocycles. The molecule has 39 heavy (non-hydrogen) atoms. The number of methoxy groups -OCH3 is 2. The first kappa shape index (κ1) is 30.6. The standard InChI is InChI=1S/C27H38FN5O4SSi/c1-18(2)21-15-20(28)16-22(19-8-10-29-23(14-19)35-3)25(21)30-26-31-27(38-12-9-24(34)36-4)32-33(26)17-37-11-13-39(5,6)7/h8,10,14-16,18H,9,11-13,17H2,1-7H3,(H,30,31,32). The second-order valence-corrected chi connectivity index (χ2v) is 17.2. The Bertz CT molecular complexity index is 1270. The smallest absolute Gasteiger partial charge is 0.306 e. The van der Waals surface area contributed by atoms with Gasteiger partial charge in [-0.05, 0) is 41.3 Å². The molecule has 9 nitrogen and oxygen atoms in total. The summed E-state index contributed by atoms with van der Waals surface area (Å²) in [5, 5.41) is 8.54. The molecule has 3 aromatic rings. The van der Waals surface area contributed by atoms with Crippen LogP contribution in [-0.4, -0.2) is 60.4 Å². The molecule has 212 valence electrons. The van der Waals surface area contributed by atoms with E-state index in [4.69, 9.17) is 19.2 Å². The molecule has 0 unspecified atom stereocenters. The predicted octanol–water partition coefficient (Wildman–Crippen LogP) is 6.32. The number of aromatic nitrogens is 4. The Labute approximate surface area is 234 Å². The zero-order chi connectivity index (χ0) is 28.6. The van der Waals surface area contributed by atoms with Gasteiger partial charge >= 0.3 is 5.97 Å². The average molecular weight is 576 g/mol. The maximum atomic E-state index is 14.8. The predicted molar refractivity (Wildman–Crippen MR) is 155 cm³/mol. The van der Waals surface area contributed by atoms with Crippen LogP contribution in [-0.2, 0) is 21.0 Å². The molecule has 0 saturated heterocycles. The summed E-state index contributed by atoms with van der Waals surface area (Å²) in [5.41, 5.74) is 2.89. The van der Waals surface area contributed by atoms with Crippen LogP contribution in [0.3, 0.4) is 0 Å². The van der Waals surface area contributed by atoms with Crippen molar-refractivity contribution in [3.63, 3.8) is 0 Å². The summed E-state index contributed by atoms with van der Waals surface area (Å²) in [6.07, 6.45) is 1.87. The molecule has 1 N–H and O–H groups in total. The van der Waals surface area contributed by atoms with E-state index in [0.717, 1.165) is 17.2 Å². The minimum absolute atomic E-state index is 0.0175. The Balaban J connectivity index is 1.99. The number of anilines is 2. The molecule has 0 aliphatic carbocycles. The molecule has 3 rings (SSSR count). The van der Waals surface area contributed by atoms with Crippen molar-refractivity contribution in [2.24, 2.45) is 0 Å². The highest BCUT2D eigenvalue weighted by molar-refractivity contribution is 7.99. The van der Waals surface area contributed by atoms with Crippen LogP contribution in [0.15, 0.2) is 35.6 Å². The largest absolute Gasteiger partial charge is 0.481 e. The van der Waals surface area contributed by atoms with E-state index in [9.17, 15) is 9.18 Å². The number of carbonyl (C=O) groups is 1. The Hall–Kier alpha value is -2.96. The molecule has 12 heteroatoms. The summed E-state index contributed by atoms with van der Waals surface area (Å²) in [5.74, 6) is 0.744. The molecule has 0 aliphatic rings. The van der Waals surface area contributed by atoms with Crippen LogP contribution in [0.1, 0.15) is 31.7 Å². The Morgan fingerprint density at radius 1 is 1.21 bits per heavy atom. The fourth-order valence-corrected chi connectivity index (χ4v) is 5.19. The molecule has 0 aliphatic heterocycles. The quantitative estimate of drug-likeness (QED) is 0.102. The van der Waals surface area contributed by atoms with Gasteiger partial charge in [-0.2, -0.15) is 4.98 Å². The van der Waals surface area contributed by atoms with Crippen LogP contribution in [0.5, 0.6) is 5.88 Å². The summed E-state index contributed by atoms with van der Waals surface area (Å²) in [4.78, 5) is 20.4. The number of hydrogen-bond acceptors (Lipinski definition) is 9. The van der Waals surface area contributed by atoms with E-state index in [1.165, 1.54) is 31.0 Å². The van der Waals surface area contributed by atoms with Crippen molar-refractivity contribution in [2.75, 3.05) is 31.9 Å². The van der Waals surface area contributed by atoms with Crippen LogP contribution in [0, 0.1) is 5.82 Å². The second-order valence-electron chi connectivity index (χ2n) is 10.5. The zero-order valence-electron chi connectivity index (χ0n) is 23.7. The maximum Gasteiger partial charge on any atom is 0.306 e. The van der Waals surface area contributed by atoms with Crippen molar-refractivity contribution >= 4 is 37.4 Å². The first-order valence-corrected chi connectivity index (χ1v) is 17.5. The number of hydrogen-bond donors (Lipinski definition) is 1. The fraction of sp³-hybridized carbons (Fsp3) is 0.481. The summed E-state index contributed by atoms with van der Waals surface area (Å²) in [6, 6.07) is 7.62. The first-order valence-electron chi connectivity index (χ1n) is 12.8. The van der Waals surface area contributed by atoms with Crippen molar-refractivity contribution < 1.29 is 23.4 Å². The van der Waals surface area contributed by atoms with E-state index in [2.05, 4.69) is 35.0 Å². The van der Waals surface area contributed by atoms with Crippen molar-refractivity contribution in [2.45, 2.75) is 63.8 Å². The Kier molecular flexibility index (Phi) is 10.9. The average Bonchev–Trinajstić information content (AvgIpc) is 3.27. The van der Waals surface area contributed by atoms with Crippen LogP contribution in [0.25, 0.3) is 11.1 Å². The number of benzene rings is 1. The van der Waals surface area contributed by atoms with Crippen molar-refractivity contribution in [1.29, 1.82) is 0 Å². The lowest BCUT2D eigenvalue weighted by Crippen LogP contribution is -2.22. The molecule has 0 bridgehead atoms. The van der Waals surface area contributed by atoms with Gasteiger partial charge in [-0.25, -0.2) is 14.1 Å². The number of carbonyl (C=O) groups excluding carboxylic acids is 1. The summed E-state index contributed by atoms with van der Waals surface area (Å²) < 4.78 is 32.5. The minimum atomic E-state index is -1.26. The highest BCUT2D eigenvalue weighted by atomic mass is 32.2. The summed E-state index contributed by atoms with van der Waals surface area (Å²) in [6.45, 7) is 11.7. The zero-order valence-corrected chi connectivity index (χ0v) is 25.5. The third kappa shape index (κ3) is 9.04. The van der Waals surface area contributed by atoms with E-state index in [1.54, 1.807) is 24.1 Å². The van der Waals surface area contributed by atoms with Gasteiger partial charge in [-0.3, -0.25) is 4.79 Å². The Morgan fingerprint density at radius 2 is 1.97 bits per heavy atom. The minimum Gasteiger partial charge on any atom is -0.481 e. The maximum absolute atomic E-state index is 14.8. The monoisotopic (exact) mass is 575 g/mol. The van der Waals surface area contributed by atoms with Gasteiger partial charge in [0.1, 0.15) is 12.5 Å². The first-order chi connectivity index (χ1) is 18.5. The van der Waals surface area contributed by atoms with E-state index >= 15 is 0 Å². The topological polar surface area (TPSA) is 100 Å². The highest BCUT2D eigenvalue weighted by Crippen LogP contribution is 2.38. The molecular weight excluding hydrogens is 537 g/mol. The summed E-state index contributed by atoms with van der Waals surface area (Å²) in [7, 11) is 1.65. The van der Waals surface area contributed by atoms with Gasteiger partial charge in [-0.15, -0.1) is 5.10 Å². The molecule has 0 atom stereocenters. The lowest BCUT2D eigenvalue weighted by atomic mass is 9.94. The molecule has 0 spiro atoms. The lowest BCUT2D eigenvalue weighted by Gasteiger charge is -2.20. The van der Waals surface area contributed by atoms with Gasteiger partial charge in [0.25, 0.3) is 0 Å². The highest BCUT2D eigenvalue weighted by Gasteiger charge is 2.20. The molecular formula is C27H38FN5O4SSi. The third-order valence-electron chi connectivity index (χ3n) is 5.87. The summed E-state index contributed by atoms with van der Waals surface area (Å²) >= 11 is 1.35. The number of esters is 1. The van der Waals surface area contributed by atoms with Gasteiger partial charge in [0.2, 0.25) is 17.0 Å². The van der Waals surface area contributed by atoms with E-state index in [0.29, 0.717) is 40.6 Å².